The Balaban J connectivity index is 2.99. The second-order valence-corrected chi connectivity index (χ2v) is 2.86. The Kier molecular flexibility index (Phi) is 7.83. The standard InChI is InChI=1S/C8H17F3N2O/c1-14-7-6-13-5-4-12-3-2-8(9,10)11/h12-13H,2-7H2,1H3. The molecule has 2 N–H and O–H groups in total. The first kappa shape index (κ1) is 13.7. The highest BCUT2D eigenvalue weighted by atomic mass is 19.4. The molecule has 14 heavy (non-hydrogen) atoms. The predicted octanol–water partition coefficient (Wildman–Crippen LogP) is 0.764. The van der Waals surface area contributed by atoms with Crippen LogP contribution in [-0.4, -0.2) is 46.1 Å². The maximum absolute atomic E-state index is 11.7. The predicted molar refractivity (Wildman–Crippen MR) is 48.3 cm³/mol. The Morgan fingerprint density at radius 2 is 1.57 bits per heavy atom. The van der Waals surface area contributed by atoms with Gasteiger partial charge in [-0.15, -0.1) is 0 Å². The maximum atomic E-state index is 11.7. The Labute approximate surface area is 82.0 Å². The van der Waals surface area contributed by atoms with E-state index in [-0.39, 0.29) is 6.54 Å². The molecular weight excluding hydrogens is 197 g/mol. The molecule has 3 nitrogen and oxygen atoms in total. The number of hydrogen-bond acceptors (Lipinski definition) is 3. The van der Waals surface area contributed by atoms with Gasteiger partial charge in [-0.05, 0) is 0 Å². The lowest BCUT2D eigenvalue weighted by Crippen LogP contribution is -2.31. The lowest BCUT2D eigenvalue weighted by atomic mass is 10.4. The third-order valence-corrected chi connectivity index (χ3v) is 1.55. The van der Waals surface area contributed by atoms with Crippen molar-refractivity contribution in [1.29, 1.82) is 0 Å². The summed E-state index contributed by atoms with van der Waals surface area (Å²) in [6, 6.07) is 0. The van der Waals surface area contributed by atoms with Crippen LogP contribution in [-0.2, 0) is 4.74 Å². The van der Waals surface area contributed by atoms with Crippen molar-refractivity contribution in [2.75, 3.05) is 39.9 Å². The van der Waals surface area contributed by atoms with E-state index in [1.807, 2.05) is 0 Å². The van der Waals surface area contributed by atoms with E-state index in [2.05, 4.69) is 10.6 Å². The summed E-state index contributed by atoms with van der Waals surface area (Å²) in [5.74, 6) is 0. The Bertz CT molecular complexity index is 130. The van der Waals surface area contributed by atoms with Crippen molar-refractivity contribution in [1.82, 2.24) is 10.6 Å². The maximum Gasteiger partial charge on any atom is 0.390 e. The summed E-state index contributed by atoms with van der Waals surface area (Å²) in [5, 5.41) is 5.71. The van der Waals surface area contributed by atoms with E-state index in [0.717, 1.165) is 6.54 Å². The molecule has 6 heteroatoms. The monoisotopic (exact) mass is 214 g/mol. The summed E-state index contributed by atoms with van der Waals surface area (Å²) in [4.78, 5) is 0. The second kappa shape index (κ2) is 8.02. The van der Waals surface area contributed by atoms with Gasteiger partial charge in [-0.2, -0.15) is 13.2 Å². The number of nitrogens with one attached hydrogen (secondary N) is 2. The first-order valence-electron chi connectivity index (χ1n) is 4.53. The van der Waals surface area contributed by atoms with Gasteiger partial charge in [-0.25, -0.2) is 0 Å². The quantitative estimate of drug-likeness (QED) is 0.585. The third kappa shape index (κ3) is 11.7. The number of hydrogen-bond donors (Lipinski definition) is 2. The van der Waals surface area contributed by atoms with E-state index in [1.54, 1.807) is 7.11 Å². The number of ether oxygens (including phenoxy) is 1. The van der Waals surface area contributed by atoms with E-state index in [0.29, 0.717) is 19.7 Å². The topological polar surface area (TPSA) is 33.3 Å². The summed E-state index contributed by atoms with van der Waals surface area (Å²) >= 11 is 0. The summed E-state index contributed by atoms with van der Waals surface area (Å²) in [5.41, 5.74) is 0. The van der Waals surface area contributed by atoms with Gasteiger partial charge in [0, 0.05) is 33.3 Å². The first-order valence-corrected chi connectivity index (χ1v) is 4.53. The molecule has 0 aliphatic heterocycles. The molecule has 0 aliphatic rings. The lowest BCUT2D eigenvalue weighted by Gasteiger charge is -2.08. The average Bonchev–Trinajstić information content (AvgIpc) is 2.08. The van der Waals surface area contributed by atoms with Gasteiger partial charge in [0.25, 0.3) is 0 Å². The Morgan fingerprint density at radius 1 is 1.00 bits per heavy atom. The fraction of sp³-hybridized carbons (Fsp3) is 1.00. The highest BCUT2D eigenvalue weighted by Gasteiger charge is 2.25. The van der Waals surface area contributed by atoms with Gasteiger partial charge in [0.2, 0.25) is 0 Å². The summed E-state index contributed by atoms with van der Waals surface area (Å²) < 4.78 is 39.8. The fourth-order valence-electron chi connectivity index (χ4n) is 0.831. The van der Waals surface area contributed by atoms with Crippen molar-refractivity contribution in [3.63, 3.8) is 0 Å². The molecule has 86 valence electrons. The van der Waals surface area contributed by atoms with Crippen LogP contribution < -0.4 is 10.6 Å². The molecule has 0 aromatic rings. The zero-order chi connectivity index (χ0) is 10.9. The molecule has 0 unspecified atom stereocenters. The van der Waals surface area contributed by atoms with E-state index < -0.39 is 12.6 Å². The van der Waals surface area contributed by atoms with E-state index in [1.165, 1.54) is 0 Å². The number of rotatable bonds is 8. The van der Waals surface area contributed by atoms with E-state index >= 15 is 0 Å². The van der Waals surface area contributed by atoms with Crippen LogP contribution in [0.15, 0.2) is 0 Å². The molecule has 0 aromatic heterocycles. The number of alkyl halides is 3. The van der Waals surface area contributed by atoms with Gasteiger partial charge >= 0.3 is 6.18 Å². The van der Waals surface area contributed by atoms with Gasteiger partial charge in [0.15, 0.2) is 0 Å². The van der Waals surface area contributed by atoms with Gasteiger partial charge in [-0.1, -0.05) is 0 Å². The molecule has 0 bridgehead atoms. The summed E-state index contributed by atoms with van der Waals surface area (Å²) in [7, 11) is 1.60. The van der Waals surface area contributed by atoms with Gasteiger partial charge in [0.05, 0.1) is 13.0 Å². The summed E-state index contributed by atoms with van der Waals surface area (Å²) in [6.07, 6.45) is -4.83. The molecule has 0 fully saturated rings. The van der Waals surface area contributed by atoms with Crippen molar-refractivity contribution < 1.29 is 17.9 Å². The zero-order valence-corrected chi connectivity index (χ0v) is 8.28. The number of methoxy groups -OCH3 is 1. The molecule has 0 saturated heterocycles. The van der Waals surface area contributed by atoms with Gasteiger partial charge in [-0.3, -0.25) is 0 Å². The van der Waals surface area contributed by atoms with E-state index in [4.69, 9.17) is 4.74 Å². The Morgan fingerprint density at radius 3 is 2.07 bits per heavy atom. The molecule has 0 aromatic carbocycles. The van der Waals surface area contributed by atoms with Crippen LogP contribution in [0.4, 0.5) is 13.2 Å². The molecule has 0 spiro atoms. The third-order valence-electron chi connectivity index (χ3n) is 1.55. The molecule has 0 amide bonds. The molecule has 0 aliphatic carbocycles. The van der Waals surface area contributed by atoms with Crippen LogP contribution in [0.3, 0.4) is 0 Å². The molecule has 0 saturated carbocycles. The normalized spacial score (nSPS) is 12.0. The van der Waals surface area contributed by atoms with Crippen molar-refractivity contribution in [3.8, 4) is 0 Å². The number of halogens is 3. The lowest BCUT2D eigenvalue weighted by molar-refractivity contribution is -0.133. The minimum Gasteiger partial charge on any atom is -0.383 e. The molecule has 0 radical (unpaired) electrons. The van der Waals surface area contributed by atoms with Crippen molar-refractivity contribution in [2.45, 2.75) is 12.6 Å². The van der Waals surface area contributed by atoms with Crippen LogP contribution in [0.2, 0.25) is 0 Å². The minimum absolute atomic E-state index is 0.0184. The Hall–Kier alpha value is -0.330. The largest absolute Gasteiger partial charge is 0.390 e. The molecule has 0 heterocycles. The van der Waals surface area contributed by atoms with Crippen LogP contribution >= 0.6 is 0 Å². The zero-order valence-electron chi connectivity index (χ0n) is 8.28. The van der Waals surface area contributed by atoms with Crippen LogP contribution in [0.1, 0.15) is 6.42 Å². The van der Waals surface area contributed by atoms with Crippen LogP contribution in [0.25, 0.3) is 0 Å². The van der Waals surface area contributed by atoms with E-state index in [9.17, 15) is 13.2 Å². The molecular formula is C8H17F3N2O. The molecule has 0 rings (SSSR count). The van der Waals surface area contributed by atoms with Crippen LogP contribution in [0, 0.1) is 0 Å². The summed E-state index contributed by atoms with van der Waals surface area (Å²) in [6.45, 7) is 2.51. The van der Waals surface area contributed by atoms with Crippen molar-refractivity contribution >= 4 is 0 Å². The average molecular weight is 214 g/mol. The molecule has 0 atom stereocenters. The minimum atomic E-state index is -4.06. The van der Waals surface area contributed by atoms with Crippen molar-refractivity contribution in [2.24, 2.45) is 0 Å². The fourth-order valence-corrected chi connectivity index (χ4v) is 0.831. The second-order valence-electron chi connectivity index (χ2n) is 2.86. The van der Waals surface area contributed by atoms with Crippen LogP contribution in [0.5, 0.6) is 0 Å². The van der Waals surface area contributed by atoms with Crippen molar-refractivity contribution in [3.05, 3.63) is 0 Å². The first-order chi connectivity index (χ1) is 6.56. The van der Waals surface area contributed by atoms with Gasteiger partial charge in [0.1, 0.15) is 0 Å². The SMILES string of the molecule is COCCNCCNCCC(F)(F)F. The smallest absolute Gasteiger partial charge is 0.383 e. The highest BCUT2D eigenvalue weighted by Crippen LogP contribution is 2.17. The van der Waals surface area contributed by atoms with Gasteiger partial charge < -0.3 is 15.4 Å². The highest BCUT2D eigenvalue weighted by molar-refractivity contribution is 4.56.